The molecule has 5 N–H and O–H groups in total. The van der Waals surface area contributed by atoms with E-state index in [1.165, 1.54) is 6.92 Å². The van der Waals surface area contributed by atoms with Crippen LogP contribution in [0.1, 0.15) is 54.9 Å². The first kappa shape index (κ1) is 32.1. The van der Waals surface area contributed by atoms with E-state index in [-0.39, 0.29) is 48.0 Å². The van der Waals surface area contributed by atoms with Crippen LogP contribution in [0.3, 0.4) is 0 Å². The van der Waals surface area contributed by atoms with Crippen molar-refractivity contribution in [1.29, 1.82) is 0 Å². The number of nitrogens with one attached hydrogen (secondary N) is 1. The molecule has 3 aromatic rings. The molecule has 0 radical (unpaired) electrons. The number of ether oxygens (including phenoxy) is 2. The number of anilines is 2. The van der Waals surface area contributed by atoms with E-state index in [0.717, 1.165) is 16.7 Å². The molecule has 0 saturated heterocycles. The second-order valence-corrected chi connectivity index (χ2v) is 11.3. The molecule has 2 aromatic carbocycles. The van der Waals surface area contributed by atoms with Gasteiger partial charge in [-0.1, -0.05) is 48.0 Å². The summed E-state index contributed by atoms with van der Waals surface area (Å²) in [5.41, 5.74) is 13.6. The minimum absolute atomic E-state index is 0.0722. The van der Waals surface area contributed by atoms with Crippen LogP contribution in [0.15, 0.2) is 48.5 Å². The van der Waals surface area contributed by atoms with Gasteiger partial charge in [0.05, 0.1) is 0 Å². The summed E-state index contributed by atoms with van der Waals surface area (Å²) in [6, 6.07) is 14.8. The van der Waals surface area contributed by atoms with Crippen LogP contribution >= 0.6 is 11.6 Å². The SMILES string of the molecule is CC(=O)Oc1ccc(CN(CC(CNC(=O)c2nc(Cl)c(N)nc2N)Cc2ccccc2C)C(=O)OC(C)(C)C)cc1. The van der Waals surface area contributed by atoms with Gasteiger partial charge in [0.1, 0.15) is 11.4 Å². The maximum Gasteiger partial charge on any atom is 0.410 e. The van der Waals surface area contributed by atoms with Crippen LogP contribution in [0.4, 0.5) is 16.4 Å². The molecule has 0 saturated carbocycles. The van der Waals surface area contributed by atoms with Crippen LogP contribution in [-0.4, -0.2) is 51.5 Å². The van der Waals surface area contributed by atoms with E-state index in [4.69, 9.17) is 32.5 Å². The zero-order chi connectivity index (χ0) is 31.0. The number of benzene rings is 2. The molecular weight excluding hydrogens is 560 g/mol. The molecule has 11 nitrogen and oxygen atoms in total. The number of esters is 1. The van der Waals surface area contributed by atoms with Crippen molar-refractivity contribution in [2.45, 2.75) is 53.2 Å². The van der Waals surface area contributed by atoms with Crippen molar-refractivity contribution in [1.82, 2.24) is 20.2 Å². The average Bonchev–Trinajstić information content (AvgIpc) is 2.89. The van der Waals surface area contributed by atoms with Crippen molar-refractivity contribution >= 4 is 41.2 Å². The third-order valence-electron chi connectivity index (χ3n) is 6.13. The Morgan fingerprint density at radius 1 is 1.02 bits per heavy atom. The molecule has 12 heteroatoms. The molecule has 1 unspecified atom stereocenters. The van der Waals surface area contributed by atoms with Gasteiger partial charge < -0.3 is 31.2 Å². The van der Waals surface area contributed by atoms with Gasteiger partial charge in [0.25, 0.3) is 5.91 Å². The van der Waals surface area contributed by atoms with E-state index in [1.54, 1.807) is 49.9 Å². The topological polar surface area (TPSA) is 163 Å². The van der Waals surface area contributed by atoms with E-state index in [2.05, 4.69) is 15.3 Å². The second-order valence-electron chi connectivity index (χ2n) is 10.9. The van der Waals surface area contributed by atoms with Crippen LogP contribution in [-0.2, 0) is 22.5 Å². The monoisotopic (exact) mass is 596 g/mol. The number of nitrogens with two attached hydrogens (primary N) is 2. The number of hydrogen-bond acceptors (Lipinski definition) is 9. The van der Waals surface area contributed by atoms with Crippen LogP contribution in [0.2, 0.25) is 5.15 Å². The molecule has 224 valence electrons. The standard InChI is InChI=1S/C30H37ClN6O5/c1-18-8-6-7-9-22(18)14-21(15-34-28(39)24-26(32)36-27(33)25(31)35-24)17-37(29(40)42-30(3,4)5)16-20-10-12-23(13-11-20)41-19(2)38/h6-13,21H,14-17H2,1-5H3,(H,34,39)(H4,32,33,36). The minimum Gasteiger partial charge on any atom is -0.444 e. The van der Waals surface area contributed by atoms with Gasteiger partial charge in [0.2, 0.25) is 0 Å². The average molecular weight is 597 g/mol. The summed E-state index contributed by atoms with van der Waals surface area (Å²) in [4.78, 5) is 47.2. The quantitative estimate of drug-likeness (QED) is 0.225. The number of aryl methyl sites for hydroxylation is 1. The first-order valence-electron chi connectivity index (χ1n) is 13.4. The van der Waals surface area contributed by atoms with Gasteiger partial charge in [-0.15, -0.1) is 0 Å². The fraction of sp³-hybridized carbons (Fsp3) is 0.367. The number of nitrogens with zero attached hydrogens (tertiary/aromatic N) is 3. The molecule has 1 atom stereocenters. The lowest BCUT2D eigenvalue weighted by atomic mass is 9.95. The molecule has 0 fully saturated rings. The first-order chi connectivity index (χ1) is 19.7. The number of halogens is 1. The Balaban J connectivity index is 1.87. The number of carbonyl (C=O) groups excluding carboxylic acids is 3. The number of amides is 2. The fourth-order valence-corrected chi connectivity index (χ4v) is 4.30. The Labute approximate surface area is 250 Å². The Hall–Kier alpha value is -4.38. The molecular formula is C30H37ClN6O5. The van der Waals surface area contributed by atoms with Gasteiger partial charge in [-0.3, -0.25) is 9.59 Å². The Kier molecular flexibility index (Phi) is 10.7. The third kappa shape index (κ3) is 9.62. The fourth-order valence-electron chi connectivity index (χ4n) is 4.17. The molecule has 0 bridgehead atoms. The van der Waals surface area contributed by atoms with Gasteiger partial charge in [0, 0.05) is 26.6 Å². The van der Waals surface area contributed by atoms with Crippen LogP contribution in [0.5, 0.6) is 5.75 Å². The van der Waals surface area contributed by atoms with Gasteiger partial charge in [0.15, 0.2) is 22.5 Å². The van der Waals surface area contributed by atoms with Crippen molar-refractivity contribution in [3.05, 3.63) is 76.1 Å². The van der Waals surface area contributed by atoms with E-state index >= 15 is 0 Å². The van der Waals surface area contributed by atoms with Crippen molar-refractivity contribution in [3.63, 3.8) is 0 Å². The Morgan fingerprint density at radius 2 is 1.69 bits per heavy atom. The van der Waals surface area contributed by atoms with E-state index in [0.29, 0.717) is 12.2 Å². The van der Waals surface area contributed by atoms with Crippen molar-refractivity contribution in [2.24, 2.45) is 5.92 Å². The van der Waals surface area contributed by atoms with Crippen molar-refractivity contribution in [3.8, 4) is 5.75 Å². The lowest BCUT2D eigenvalue weighted by Gasteiger charge is -2.31. The van der Waals surface area contributed by atoms with E-state index in [1.807, 2.05) is 31.2 Å². The normalized spacial score (nSPS) is 11.9. The van der Waals surface area contributed by atoms with Crippen LogP contribution < -0.4 is 21.5 Å². The molecule has 0 aliphatic rings. The lowest BCUT2D eigenvalue weighted by molar-refractivity contribution is -0.131. The highest BCUT2D eigenvalue weighted by Crippen LogP contribution is 2.21. The summed E-state index contributed by atoms with van der Waals surface area (Å²) in [6.07, 6.45) is 0.0505. The van der Waals surface area contributed by atoms with Crippen molar-refractivity contribution < 1.29 is 23.9 Å². The van der Waals surface area contributed by atoms with Gasteiger partial charge in [-0.05, 0) is 68.9 Å². The summed E-state index contributed by atoms with van der Waals surface area (Å²) in [6.45, 7) is 9.38. The molecule has 3 rings (SSSR count). The van der Waals surface area contributed by atoms with Gasteiger partial charge >= 0.3 is 12.1 Å². The zero-order valence-corrected chi connectivity index (χ0v) is 25.2. The molecule has 0 aliphatic heterocycles. The van der Waals surface area contributed by atoms with E-state index in [9.17, 15) is 14.4 Å². The smallest absolute Gasteiger partial charge is 0.410 e. The third-order valence-corrected chi connectivity index (χ3v) is 6.41. The number of rotatable bonds is 10. The molecule has 2 amide bonds. The highest BCUT2D eigenvalue weighted by Gasteiger charge is 2.26. The summed E-state index contributed by atoms with van der Waals surface area (Å²) in [5.74, 6) is -1.04. The number of nitrogen functional groups attached to an aromatic ring is 2. The number of hydrogen-bond donors (Lipinski definition) is 3. The van der Waals surface area contributed by atoms with Crippen LogP contribution in [0.25, 0.3) is 0 Å². The minimum atomic E-state index is -0.723. The molecule has 1 aromatic heterocycles. The van der Waals surface area contributed by atoms with Crippen molar-refractivity contribution in [2.75, 3.05) is 24.6 Å². The number of aromatic nitrogens is 2. The maximum absolute atomic E-state index is 13.4. The highest BCUT2D eigenvalue weighted by atomic mass is 35.5. The Morgan fingerprint density at radius 3 is 2.31 bits per heavy atom. The van der Waals surface area contributed by atoms with Gasteiger partial charge in [-0.2, -0.15) is 0 Å². The van der Waals surface area contributed by atoms with E-state index < -0.39 is 23.6 Å². The summed E-state index contributed by atoms with van der Waals surface area (Å²) < 4.78 is 10.9. The zero-order valence-electron chi connectivity index (χ0n) is 24.4. The largest absolute Gasteiger partial charge is 0.444 e. The predicted molar refractivity (Wildman–Crippen MR) is 161 cm³/mol. The Bertz CT molecular complexity index is 1420. The number of carbonyl (C=O) groups is 3. The van der Waals surface area contributed by atoms with Gasteiger partial charge in [-0.25, -0.2) is 14.8 Å². The molecule has 0 aliphatic carbocycles. The summed E-state index contributed by atoms with van der Waals surface area (Å²) >= 11 is 5.97. The molecule has 42 heavy (non-hydrogen) atoms. The lowest BCUT2D eigenvalue weighted by Crippen LogP contribution is -2.42. The molecule has 1 heterocycles. The predicted octanol–water partition coefficient (Wildman–Crippen LogP) is 4.55. The summed E-state index contributed by atoms with van der Waals surface area (Å²) in [5, 5.41) is 2.74. The van der Waals surface area contributed by atoms with Crippen LogP contribution in [0, 0.1) is 12.8 Å². The first-order valence-corrected chi connectivity index (χ1v) is 13.8. The second kappa shape index (κ2) is 14.0. The highest BCUT2D eigenvalue weighted by molar-refractivity contribution is 6.31. The molecule has 0 spiro atoms. The summed E-state index contributed by atoms with van der Waals surface area (Å²) in [7, 11) is 0. The maximum atomic E-state index is 13.4.